The van der Waals surface area contributed by atoms with Crippen molar-refractivity contribution in [3.05, 3.63) is 0 Å². The van der Waals surface area contributed by atoms with Gasteiger partial charge in [0.25, 0.3) is 0 Å². The van der Waals surface area contributed by atoms with E-state index in [1.807, 2.05) is 6.92 Å². The third kappa shape index (κ3) is 4.64. The summed E-state index contributed by atoms with van der Waals surface area (Å²) < 4.78 is 0. The van der Waals surface area contributed by atoms with Gasteiger partial charge in [-0.1, -0.05) is 26.7 Å². The van der Waals surface area contributed by atoms with Gasteiger partial charge < -0.3 is 10.4 Å². The molecule has 1 rings (SSSR count). The largest absolute Gasteiger partial charge is 0.391 e. The van der Waals surface area contributed by atoms with Gasteiger partial charge in [-0.25, -0.2) is 0 Å². The summed E-state index contributed by atoms with van der Waals surface area (Å²) in [5.74, 6) is 0.0849. The van der Waals surface area contributed by atoms with E-state index in [1.165, 1.54) is 6.42 Å². The highest BCUT2D eigenvalue weighted by Crippen LogP contribution is 2.16. The van der Waals surface area contributed by atoms with E-state index < -0.39 is 6.10 Å². The van der Waals surface area contributed by atoms with Gasteiger partial charge in [-0.2, -0.15) is 0 Å². The van der Waals surface area contributed by atoms with Crippen LogP contribution in [0.15, 0.2) is 0 Å². The Labute approximate surface area is 104 Å². The Kier molecular flexibility index (Phi) is 6.52. The number of hydrogen-bond acceptors (Lipinski definition) is 3. The number of nitrogens with one attached hydrogen (secondary N) is 1. The Morgan fingerprint density at radius 1 is 1.47 bits per heavy atom. The van der Waals surface area contributed by atoms with Gasteiger partial charge in [0.2, 0.25) is 5.91 Å². The summed E-state index contributed by atoms with van der Waals surface area (Å²) in [5, 5.41) is 12.5. The van der Waals surface area contributed by atoms with Crippen molar-refractivity contribution in [2.75, 3.05) is 19.6 Å². The van der Waals surface area contributed by atoms with Crippen LogP contribution in [0.4, 0.5) is 0 Å². The summed E-state index contributed by atoms with van der Waals surface area (Å²) in [6.07, 6.45) is 4.57. The van der Waals surface area contributed by atoms with Gasteiger partial charge in [0.1, 0.15) is 0 Å². The molecule has 0 aromatic rings. The van der Waals surface area contributed by atoms with E-state index in [4.69, 9.17) is 0 Å². The lowest BCUT2D eigenvalue weighted by Crippen LogP contribution is -2.50. The molecule has 4 nitrogen and oxygen atoms in total. The molecule has 100 valence electrons. The number of carbonyl (C=O) groups excluding carboxylic acids is 1. The molecule has 0 bridgehead atoms. The molecule has 0 saturated carbocycles. The number of likely N-dealkylation sites (N-methyl/N-ethyl adjacent to an activating group) is 1. The summed E-state index contributed by atoms with van der Waals surface area (Å²) in [7, 11) is 0. The predicted molar refractivity (Wildman–Crippen MR) is 68.8 cm³/mol. The van der Waals surface area contributed by atoms with Gasteiger partial charge in [0.15, 0.2) is 0 Å². The van der Waals surface area contributed by atoms with Crippen molar-refractivity contribution in [3.8, 4) is 0 Å². The number of piperidine rings is 1. The fourth-order valence-electron chi connectivity index (χ4n) is 2.44. The summed E-state index contributed by atoms with van der Waals surface area (Å²) >= 11 is 0. The summed E-state index contributed by atoms with van der Waals surface area (Å²) in [5.41, 5.74) is 0. The van der Waals surface area contributed by atoms with Crippen LogP contribution in [0.1, 0.15) is 46.0 Å². The average molecular weight is 242 g/mol. The molecule has 1 heterocycles. The molecule has 2 N–H and O–H groups in total. The topological polar surface area (TPSA) is 52.6 Å². The van der Waals surface area contributed by atoms with Crippen molar-refractivity contribution >= 4 is 5.91 Å². The van der Waals surface area contributed by atoms with E-state index in [1.54, 1.807) is 0 Å². The number of amides is 1. The van der Waals surface area contributed by atoms with E-state index in [-0.39, 0.29) is 11.9 Å². The second-order valence-electron chi connectivity index (χ2n) is 4.83. The lowest BCUT2D eigenvalue weighted by molar-refractivity contribution is -0.128. The Balaban J connectivity index is 2.34. The minimum atomic E-state index is -0.400. The van der Waals surface area contributed by atoms with Crippen molar-refractivity contribution in [1.82, 2.24) is 10.2 Å². The molecular formula is C13H26N2O2. The number of nitrogens with zero attached hydrogens (tertiary/aromatic N) is 1. The van der Waals surface area contributed by atoms with Crippen LogP contribution in [-0.4, -0.2) is 47.7 Å². The third-order valence-electron chi connectivity index (χ3n) is 3.46. The molecule has 0 aromatic carbocycles. The molecule has 2 atom stereocenters. The summed E-state index contributed by atoms with van der Waals surface area (Å²) in [4.78, 5) is 14.2. The molecule has 17 heavy (non-hydrogen) atoms. The van der Waals surface area contributed by atoms with Crippen LogP contribution in [0.25, 0.3) is 0 Å². The summed E-state index contributed by atoms with van der Waals surface area (Å²) in [6.45, 7) is 6.46. The number of carbonyl (C=O) groups is 1. The molecule has 0 spiro atoms. The van der Waals surface area contributed by atoms with Gasteiger partial charge in [-0.05, 0) is 32.4 Å². The van der Waals surface area contributed by atoms with Crippen LogP contribution < -0.4 is 5.32 Å². The quantitative estimate of drug-likeness (QED) is 0.734. The number of hydrogen-bond donors (Lipinski definition) is 2. The Hall–Kier alpha value is -0.610. The van der Waals surface area contributed by atoms with Crippen LogP contribution in [0.3, 0.4) is 0 Å². The minimum Gasteiger partial charge on any atom is -0.391 e. The van der Waals surface area contributed by atoms with Crippen molar-refractivity contribution < 1.29 is 9.90 Å². The summed E-state index contributed by atoms with van der Waals surface area (Å²) in [6, 6.07) is 0.0163. The van der Waals surface area contributed by atoms with Crippen LogP contribution >= 0.6 is 0 Å². The van der Waals surface area contributed by atoms with Crippen molar-refractivity contribution in [3.63, 3.8) is 0 Å². The second kappa shape index (κ2) is 7.67. The first kappa shape index (κ1) is 14.5. The molecule has 1 amide bonds. The first-order valence-corrected chi connectivity index (χ1v) is 6.88. The van der Waals surface area contributed by atoms with E-state index in [0.29, 0.717) is 6.54 Å². The standard InChI is InChI=1S/C13H26N2O2/c1-3-7-11(16)10-14-13(17)12-8-5-6-9-15(12)4-2/h11-12,16H,3-10H2,1-2H3,(H,14,17). The second-order valence-corrected chi connectivity index (χ2v) is 4.83. The minimum absolute atomic E-state index is 0.0163. The van der Waals surface area contributed by atoms with E-state index in [9.17, 15) is 9.90 Å². The van der Waals surface area contributed by atoms with Crippen molar-refractivity contribution in [2.24, 2.45) is 0 Å². The highest BCUT2D eigenvalue weighted by atomic mass is 16.3. The molecule has 1 saturated heterocycles. The van der Waals surface area contributed by atoms with E-state index in [2.05, 4.69) is 17.1 Å². The highest BCUT2D eigenvalue weighted by molar-refractivity contribution is 5.81. The monoisotopic (exact) mass is 242 g/mol. The number of likely N-dealkylation sites (tertiary alicyclic amines) is 1. The first-order valence-electron chi connectivity index (χ1n) is 6.88. The highest BCUT2D eigenvalue weighted by Gasteiger charge is 2.27. The maximum absolute atomic E-state index is 12.0. The first-order chi connectivity index (χ1) is 8.19. The zero-order chi connectivity index (χ0) is 12.7. The number of aliphatic hydroxyl groups excluding tert-OH is 1. The number of rotatable bonds is 6. The average Bonchev–Trinajstić information content (AvgIpc) is 2.36. The SMILES string of the molecule is CCCC(O)CNC(=O)C1CCCCN1CC. The maximum atomic E-state index is 12.0. The van der Waals surface area contributed by atoms with Gasteiger partial charge in [-0.15, -0.1) is 0 Å². The lowest BCUT2D eigenvalue weighted by Gasteiger charge is -2.33. The molecular weight excluding hydrogens is 216 g/mol. The Morgan fingerprint density at radius 2 is 2.24 bits per heavy atom. The van der Waals surface area contributed by atoms with Crippen LogP contribution in [0, 0.1) is 0 Å². The molecule has 0 aliphatic carbocycles. The Bertz CT molecular complexity index is 233. The molecule has 4 heteroatoms. The zero-order valence-corrected chi connectivity index (χ0v) is 11.1. The van der Waals surface area contributed by atoms with E-state index >= 15 is 0 Å². The van der Waals surface area contributed by atoms with Gasteiger partial charge in [0, 0.05) is 6.54 Å². The molecule has 1 aliphatic heterocycles. The predicted octanol–water partition coefficient (Wildman–Crippen LogP) is 1.14. The fourth-order valence-corrected chi connectivity index (χ4v) is 2.44. The third-order valence-corrected chi connectivity index (χ3v) is 3.46. The van der Waals surface area contributed by atoms with Crippen LogP contribution in [0.2, 0.25) is 0 Å². The molecule has 1 fully saturated rings. The van der Waals surface area contributed by atoms with Crippen LogP contribution in [-0.2, 0) is 4.79 Å². The van der Waals surface area contributed by atoms with E-state index in [0.717, 1.165) is 38.8 Å². The van der Waals surface area contributed by atoms with Gasteiger partial charge in [0.05, 0.1) is 12.1 Å². The molecule has 0 aromatic heterocycles. The fraction of sp³-hybridized carbons (Fsp3) is 0.923. The van der Waals surface area contributed by atoms with Crippen molar-refractivity contribution in [1.29, 1.82) is 0 Å². The van der Waals surface area contributed by atoms with Crippen molar-refractivity contribution in [2.45, 2.75) is 58.1 Å². The van der Waals surface area contributed by atoms with Crippen LogP contribution in [0.5, 0.6) is 0 Å². The van der Waals surface area contributed by atoms with Gasteiger partial charge in [-0.3, -0.25) is 9.69 Å². The Morgan fingerprint density at radius 3 is 2.88 bits per heavy atom. The normalized spacial score (nSPS) is 23.4. The lowest BCUT2D eigenvalue weighted by atomic mass is 10.0. The maximum Gasteiger partial charge on any atom is 0.237 e. The molecule has 0 radical (unpaired) electrons. The number of aliphatic hydroxyl groups is 1. The molecule has 1 aliphatic rings. The molecule has 2 unspecified atom stereocenters. The smallest absolute Gasteiger partial charge is 0.237 e. The van der Waals surface area contributed by atoms with Gasteiger partial charge >= 0.3 is 0 Å². The zero-order valence-electron chi connectivity index (χ0n) is 11.1.